The summed E-state index contributed by atoms with van der Waals surface area (Å²) >= 11 is 18.2. The van der Waals surface area contributed by atoms with Crippen LogP contribution in [0.15, 0.2) is 12.1 Å². The molecule has 1 aliphatic heterocycles. The standard InChI is InChI=1S/C14H11Cl3FNO4/c15-7-1-5-6(4-20)13(17)19(9(5)2-8(7)16)14-12(22)11(21)10(3-18)23-14/h1-2,4,10-12,14,21-22H,3H2/t10-,11-,12-,14-/m1/s1. The quantitative estimate of drug-likeness (QED) is 0.801. The zero-order valence-corrected chi connectivity index (χ0v) is 13.7. The molecule has 5 nitrogen and oxygen atoms in total. The number of nitrogens with zero attached hydrogens (tertiary/aromatic N) is 1. The van der Waals surface area contributed by atoms with Crippen LogP contribution in [-0.2, 0) is 4.74 Å². The number of hydrogen-bond donors (Lipinski definition) is 2. The normalized spacial score (nSPS) is 27.7. The molecule has 1 fully saturated rings. The maximum Gasteiger partial charge on any atom is 0.164 e. The first-order valence-electron chi connectivity index (χ1n) is 6.61. The van der Waals surface area contributed by atoms with Gasteiger partial charge in [-0.3, -0.25) is 4.79 Å². The Morgan fingerprint density at radius 3 is 2.43 bits per heavy atom. The van der Waals surface area contributed by atoms with Gasteiger partial charge in [0.25, 0.3) is 0 Å². The lowest BCUT2D eigenvalue weighted by Gasteiger charge is -2.19. The van der Waals surface area contributed by atoms with E-state index in [2.05, 4.69) is 0 Å². The summed E-state index contributed by atoms with van der Waals surface area (Å²) in [5.74, 6) is 0. The van der Waals surface area contributed by atoms with Crippen molar-refractivity contribution in [3.05, 3.63) is 32.9 Å². The second-order valence-electron chi connectivity index (χ2n) is 5.18. The lowest BCUT2D eigenvalue weighted by molar-refractivity contribution is -0.0402. The van der Waals surface area contributed by atoms with Gasteiger partial charge in [0.05, 0.1) is 21.1 Å². The number of aromatic nitrogens is 1. The third kappa shape index (κ3) is 2.54. The molecule has 9 heteroatoms. The Labute approximate surface area is 145 Å². The molecule has 0 unspecified atom stereocenters. The third-order valence-corrected chi connectivity index (χ3v) is 4.99. The van der Waals surface area contributed by atoms with Crippen molar-refractivity contribution in [3.8, 4) is 0 Å². The molecule has 1 aliphatic rings. The number of hydrogen-bond acceptors (Lipinski definition) is 4. The number of aliphatic hydroxyl groups is 2. The molecule has 1 aromatic carbocycles. The molecule has 0 bridgehead atoms. The number of alkyl halides is 1. The van der Waals surface area contributed by atoms with Gasteiger partial charge in [0, 0.05) is 5.39 Å². The Morgan fingerprint density at radius 2 is 1.87 bits per heavy atom. The van der Waals surface area contributed by atoms with Crippen LogP contribution in [0.3, 0.4) is 0 Å². The number of fused-ring (bicyclic) bond motifs is 1. The average molecular weight is 383 g/mol. The van der Waals surface area contributed by atoms with Gasteiger partial charge in [-0.05, 0) is 12.1 Å². The largest absolute Gasteiger partial charge is 0.387 e. The van der Waals surface area contributed by atoms with E-state index in [0.29, 0.717) is 17.2 Å². The molecule has 124 valence electrons. The maximum absolute atomic E-state index is 12.9. The molecule has 0 radical (unpaired) electrons. The van der Waals surface area contributed by atoms with Gasteiger partial charge in [-0.2, -0.15) is 0 Å². The van der Waals surface area contributed by atoms with Gasteiger partial charge < -0.3 is 19.5 Å². The Balaban J connectivity index is 2.24. The molecule has 0 aliphatic carbocycles. The van der Waals surface area contributed by atoms with Crippen molar-refractivity contribution in [2.24, 2.45) is 0 Å². The Kier molecular flexibility index (Phi) is 4.57. The summed E-state index contributed by atoms with van der Waals surface area (Å²) in [4.78, 5) is 11.3. The summed E-state index contributed by atoms with van der Waals surface area (Å²) in [5, 5.41) is 20.8. The second kappa shape index (κ2) is 6.20. The van der Waals surface area contributed by atoms with E-state index in [0.717, 1.165) is 0 Å². The van der Waals surface area contributed by atoms with E-state index in [4.69, 9.17) is 39.5 Å². The highest BCUT2D eigenvalue weighted by atomic mass is 35.5. The zero-order chi connectivity index (χ0) is 16.9. The van der Waals surface area contributed by atoms with Crippen molar-refractivity contribution in [1.82, 2.24) is 4.57 Å². The van der Waals surface area contributed by atoms with Crippen molar-refractivity contribution < 1.29 is 24.1 Å². The number of carbonyl (C=O) groups is 1. The van der Waals surface area contributed by atoms with Gasteiger partial charge >= 0.3 is 0 Å². The summed E-state index contributed by atoms with van der Waals surface area (Å²) in [5.41, 5.74) is 0.511. The van der Waals surface area contributed by atoms with Crippen LogP contribution in [0.5, 0.6) is 0 Å². The topological polar surface area (TPSA) is 71.7 Å². The monoisotopic (exact) mass is 381 g/mol. The molecule has 0 spiro atoms. The molecule has 1 aromatic heterocycles. The smallest absolute Gasteiger partial charge is 0.164 e. The van der Waals surface area contributed by atoms with Crippen LogP contribution in [0, 0.1) is 0 Å². The van der Waals surface area contributed by atoms with E-state index in [1.165, 1.54) is 16.7 Å². The molecular weight excluding hydrogens is 372 g/mol. The molecule has 3 rings (SSSR count). The minimum absolute atomic E-state index is 0.0240. The van der Waals surface area contributed by atoms with Crippen molar-refractivity contribution in [3.63, 3.8) is 0 Å². The van der Waals surface area contributed by atoms with Gasteiger partial charge in [0.2, 0.25) is 0 Å². The van der Waals surface area contributed by atoms with E-state index in [1.807, 2.05) is 0 Å². The fraction of sp³-hybridized carbons (Fsp3) is 0.357. The van der Waals surface area contributed by atoms with E-state index >= 15 is 0 Å². The molecule has 23 heavy (non-hydrogen) atoms. The minimum Gasteiger partial charge on any atom is -0.387 e. The number of ether oxygens (including phenoxy) is 1. The molecule has 2 heterocycles. The molecule has 0 saturated carbocycles. The highest BCUT2D eigenvalue weighted by Gasteiger charge is 2.45. The van der Waals surface area contributed by atoms with Crippen LogP contribution in [0.1, 0.15) is 16.6 Å². The van der Waals surface area contributed by atoms with Gasteiger partial charge in [0.15, 0.2) is 12.5 Å². The molecule has 4 atom stereocenters. The zero-order valence-electron chi connectivity index (χ0n) is 11.4. The van der Waals surface area contributed by atoms with Crippen LogP contribution in [0.2, 0.25) is 15.2 Å². The first-order chi connectivity index (χ1) is 10.9. The Morgan fingerprint density at radius 1 is 1.22 bits per heavy atom. The van der Waals surface area contributed by atoms with Gasteiger partial charge in [0.1, 0.15) is 30.1 Å². The molecule has 0 amide bonds. The predicted octanol–water partition coefficient (Wildman–Crippen LogP) is 3.00. The molecular formula is C14H11Cl3FNO4. The van der Waals surface area contributed by atoms with Crippen LogP contribution in [0.25, 0.3) is 10.9 Å². The first-order valence-corrected chi connectivity index (χ1v) is 7.75. The number of benzene rings is 1. The van der Waals surface area contributed by atoms with Crippen molar-refractivity contribution in [2.75, 3.05) is 6.67 Å². The van der Waals surface area contributed by atoms with E-state index in [9.17, 15) is 19.4 Å². The van der Waals surface area contributed by atoms with E-state index in [-0.39, 0.29) is 20.8 Å². The Hall–Kier alpha value is -0.890. The predicted molar refractivity (Wildman–Crippen MR) is 84.3 cm³/mol. The van der Waals surface area contributed by atoms with Crippen LogP contribution in [0.4, 0.5) is 4.39 Å². The molecule has 2 N–H and O–H groups in total. The summed E-state index contributed by atoms with van der Waals surface area (Å²) in [6.07, 6.45) is -4.65. The highest BCUT2D eigenvalue weighted by molar-refractivity contribution is 6.43. The summed E-state index contributed by atoms with van der Waals surface area (Å²) in [6.45, 7) is -0.974. The lowest BCUT2D eigenvalue weighted by Crippen LogP contribution is -2.32. The maximum atomic E-state index is 12.9. The van der Waals surface area contributed by atoms with E-state index < -0.39 is 31.2 Å². The fourth-order valence-corrected chi connectivity index (χ4v) is 3.38. The first kappa shape index (κ1) is 17.0. The van der Waals surface area contributed by atoms with Gasteiger partial charge in [-0.25, -0.2) is 4.39 Å². The summed E-state index contributed by atoms with van der Waals surface area (Å²) in [7, 11) is 0. The number of aliphatic hydroxyl groups excluding tert-OH is 2. The lowest BCUT2D eigenvalue weighted by atomic mass is 10.1. The highest BCUT2D eigenvalue weighted by Crippen LogP contribution is 2.40. The van der Waals surface area contributed by atoms with Crippen LogP contribution < -0.4 is 0 Å². The molecule has 2 aromatic rings. The summed E-state index contributed by atoms with van der Waals surface area (Å²) < 4.78 is 19.5. The summed E-state index contributed by atoms with van der Waals surface area (Å²) in [6, 6.07) is 2.93. The van der Waals surface area contributed by atoms with Crippen molar-refractivity contribution in [1.29, 1.82) is 0 Å². The SMILES string of the molecule is O=Cc1c(Cl)n([C@@H]2O[C@H](CF)[C@@H](O)[C@H]2O)c2cc(Cl)c(Cl)cc12. The number of carbonyl (C=O) groups excluding carboxylic acids is 1. The molecule has 1 saturated heterocycles. The average Bonchev–Trinajstić information content (AvgIpc) is 2.94. The van der Waals surface area contributed by atoms with Crippen molar-refractivity contribution in [2.45, 2.75) is 24.5 Å². The van der Waals surface area contributed by atoms with Gasteiger partial charge in [-0.15, -0.1) is 0 Å². The fourth-order valence-electron chi connectivity index (χ4n) is 2.73. The van der Waals surface area contributed by atoms with Crippen LogP contribution >= 0.6 is 34.8 Å². The Bertz CT molecular complexity index is 781. The van der Waals surface area contributed by atoms with Crippen molar-refractivity contribution >= 4 is 52.0 Å². The minimum atomic E-state index is -1.42. The second-order valence-corrected chi connectivity index (χ2v) is 6.35. The van der Waals surface area contributed by atoms with Gasteiger partial charge in [-0.1, -0.05) is 34.8 Å². The van der Waals surface area contributed by atoms with Crippen LogP contribution in [-0.4, -0.2) is 46.1 Å². The van der Waals surface area contributed by atoms with E-state index in [1.54, 1.807) is 0 Å². The third-order valence-electron chi connectivity index (χ3n) is 3.88. The number of halogens is 4. The number of aldehydes is 1. The number of rotatable bonds is 3.